The first-order chi connectivity index (χ1) is 17.1. The molecule has 0 N–H and O–H groups in total. The second-order valence-corrected chi connectivity index (χ2v) is 15.1. The summed E-state index contributed by atoms with van der Waals surface area (Å²) < 4.78 is 14.5. The fraction of sp³-hybridized carbons (Fsp3) is 0.370. The van der Waals surface area contributed by atoms with E-state index >= 15 is 0 Å². The summed E-state index contributed by atoms with van der Waals surface area (Å²) in [5.74, 6) is 9.33. The van der Waals surface area contributed by atoms with Gasteiger partial charge in [0.05, 0.1) is 24.0 Å². The number of aromatic nitrogens is 3. The highest BCUT2D eigenvalue weighted by Gasteiger charge is 2.24. The van der Waals surface area contributed by atoms with Crippen LogP contribution in [0.2, 0.25) is 19.6 Å². The number of amides is 1. The minimum atomic E-state index is -1.41. The average Bonchev–Trinajstić information content (AvgIpc) is 3.19. The molecular formula is C27H31IN4O3Si. The molecule has 0 radical (unpaired) electrons. The van der Waals surface area contributed by atoms with E-state index in [2.05, 4.69) is 70.6 Å². The van der Waals surface area contributed by atoms with Gasteiger partial charge in [-0.15, -0.1) is 5.54 Å². The van der Waals surface area contributed by atoms with Crippen LogP contribution in [0.5, 0.6) is 5.75 Å². The van der Waals surface area contributed by atoms with Crippen molar-refractivity contribution in [1.82, 2.24) is 14.8 Å². The van der Waals surface area contributed by atoms with Crippen LogP contribution in [0.25, 0.3) is 11.0 Å². The van der Waals surface area contributed by atoms with Gasteiger partial charge in [0.15, 0.2) is 0 Å². The molecule has 188 valence electrons. The molecule has 1 aromatic carbocycles. The van der Waals surface area contributed by atoms with Gasteiger partial charge in [0.25, 0.3) is 0 Å². The van der Waals surface area contributed by atoms with Crippen molar-refractivity contribution in [2.24, 2.45) is 7.05 Å². The van der Waals surface area contributed by atoms with Crippen LogP contribution in [-0.2, 0) is 16.6 Å². The zero-order valence-corrected chi connectivity index (χ0v) is 24.8. The highest BCUT2D eigenvalue weighted by Crippen LogP contribution is 2.37. The molecule has 0 aliphatic heterocycles. The summed E-state index contributed by atoms with van der Waals surface area (Å²) in [5.41, 5.74) is 6.44. The molecule has 1 amide bonds. The Bertz CT molecular complexity index is 1370. The maximum Gasteiger partial charge on any atom is 0.308 e. The molecule has 0 fully saturated rings. The van der Waals surface area contributed by atoms with Crippen molar-refractivity contribution in [3.05, 3.63) is 39.6 Å². The Morgan fingerprint density at radius 1 is 1.19 bits per heavy atom. The van der Waals surface area contributed by atoms with E-state index in [9.17, 15) is 4.79 Å². The average molecular weight is 615 g/mol. The van der Waals surface area contributed by atoms with Crippen molar-refractivity contribution in [3.63, 3.8) is 0 Å². The quantitative estimate of drug-likeness (QED) is 0.158. The van der Waals surface area contributed by atoms with Gasteiger partial charge >= 0.3 is 5.91 Å². The number of ether oxygens (including phenoxy) is 2. The Balaban J connectivity index is 1.92. The highest BCUT2D eigenvalue weighted by atomic mass is 127. The molecule has 0 aliphatic rings. The van der Waals surface area contributed by atoms with Gasteiger partial charge < -0.3 is 9.47 Å². The van der Waals surface area contributed by atoms with Gasteiger partial charge in [0.2, 0.25) is 0 Å². The Hall–Kier alpha value is -2.86. The van der Waals surface area contributed by atoms with E-state index < -0.39 is 8.07 Å². The van der Waals surface area contributed by atoms with Gasteiger partial charge in [-0.05, 0) is 65.3 Å². The van der Waals surface area contributed by atoms with Crippen molar-refractivity contribution >= 4 is 59.1 Å². The van der Waals surface area contributed by atoms with E-state index in [1.165, 1.54) is 4.90 Å². The van der Waals surface area contributed by atoms with Crippen LogP contribution in [0.3, 0.4) is 0 Å². The van der Waals surface area contributed by atoms with Crippen LogP contribution in [0.15, 0.2) is 30.5 Å². The number of rotatable bonds is 7. The third kappa shape index (κ3) is 7.32. The molecule has 0 spiro atoms. The predicted octanol–water partition coefficient (Wildman–Crippen LogP) is 5.24. The zero-order chi connectivity index (χ0) is 26.3. The third-order valence-corrected chi connectivity index (χ3v) is 7.09. The molecule has 7 nitrogen and oxygen atoms in total. The van der Waals surface area contributed by atoms with Crippen molar-refractivity contribution in [1.29, 1.82) is 0 Å². The zero-order valence-electron chi connectivity index (χ0n) is 21.6. The van der Waals surface area contributed by atoms with Gasteiger partial charge in [-0.1, -0.05) is 38.4 Å². The lowest BCUT2D eigenvalue weighted by Crippen LogP contribution is -2.26. The van der Waals surface area contributed by atoms with Gasteiger partial charge in [0.1, 0.15) is 38.4 Å². The molecule has 0 bridgehead atoms. The van der Waals surface area contributed by atoms with Gasteiger partial charge in [-0.2, -0.15) is 5.10 Å². The van der Waals surface area contributed by atoms with Crippen LogP contribution < -0.4 is 9.64 Å². The summed E-state index contributed by atoms with van der Waals surface area (Å²) in [6, 6.07) is 7.55. The number of fused-ring (bicyclic) bond motifs is 1. The standard InChI is InChI=1S/C27H31IN4O3Si/c1-7-8-10-27(33)32(26-12-11-23-22(30-26)19-29-31(23)3)24-17-20(2)21(28)18-25(24)35-15-14-34-13-9-16-36(4,5)6/h11-12,17-19H,7,13-15H2,1-6H3. The van der Waals surface area contributed by atoms with E-state index in [1.807, 2.05) is 39.1 Å². The fourth-order valence-corrected chi connectivity index (χ4v) is 4.32. The molecule has 0 saturated heterocycles. The van der Waals surface area contributed by atoms with Crippen molar-refractivity contribution in [2.45, 2.75) is 39.9 Å². The molecule has 0 saturated carbocycles. The van der Waals surface area contributed by atoms with Gasteiger partial charge in [0, 0.05) is 17.0 Å². The molecule has 2 heterocycles. The van der Waals surface area contributed by atoms with E-state index in [-0.39, 0.29) is 5.91 Å². The molecule has 36 heavy (non-hydrogen) atoms. The molecule has 0 unspecified atom stereocenters. The Morgan fingerprint density at radius 3 is 2.69 bits per heavy atom. The number of benzene rings is 1. The summed E-state index contributed by atoms with van der Waals surface area (Å²) in [5, 5.41) is 4.27. The van der Waals surface area contributed by atoms with Crippen LogP contribution >= 0.6 is 22.6 Å². The molecule has 0 aliphatic carbocycles. The number of hydrogen-bond acceptors (Lipinski definition) is 5. The number of anilines is 2. The van der Waals surface area contributed by atoms with Gasteiger partial charge in [-0.3, -0.25) is 9.48 Å². The minimum Gasteiger partial charge on any atom is -0.489 e. The number of hydrogen-bond donors (Lipinski definition) is 0. The molecule has 3 rings (SSSR count). The van der Waals surface area contributed by atoms with E-state index in [0.29, 0.717) is 49.0 Å². The smallest absolute Gasteiger partial charge is 0.308 e. The number of pyridine rings is 1. The van der Waals surface area contributed by atoms with Crippen molar-refractivity contribution in [2.75, 3.05) is 24.7 Å². The lowest BCUT2D eigenvalue weighted by molar-refractivity contribution is -0.112. The number of aryl methyl sites for hydroxylation is 2. The highest BCUT2D eigenvalue weighted by molar-refractivity contribution is 14.1. The van der Waals surface area contributed by atoms with Crippen LogP contribution in [0, 0.1) is 33.8 Å². The summed E-state index contributed by atoms with van der Waals surface area (Å²) in [6.45, 7) is 11.6. The number of carbonyl (C=O) groups excluding carboxylic acids is 1. The summed E-state index contributed by atoms with van der Waals surface area (Å²) in [7, 11) is 0.442. The SMILES string of the molecule is CCC#CC(=O)N(c1ccc2c(cnn2C)n1)c1cc(C)c(I)cc1OCCOCC#C[Si](C)(C)C. The Labute approximate surface area is 227 Å². The maximum atomic E-state index is 13.3. The number of halogens is 1. The summed E-state index contributed by atoms with van der Waals surface area (Å²) >= 11 is 2.26. The molecule has 2 aromatic heterocycles. The first-order valence-electron chi connectivity index (χ1n) is 11.7. The maximum absolute atomic E-state index is 13.3. The number of nitrogens with zero attached hydrogens (tertiary/aromatic N) is 4. The molecule has 9 heteroatoms. The largest absolute Gasteiger partial charge is 0.489 e. The van der Waals surface area contributed by atoms with Crippen LogP contribution in [0.4, 0.5) is 11.5 Å². The van der Waals surface area contributed by atoms with Gasteiger partial charge in [-0.25, -0.2) is 9.88 Å². The lowest BCUT2D eigenvalue weighted by atomic mass is 10.1. The van der Waals surface area contributed by atoms with Crippen molar-refractivity contribution < 1.29 is 14.3 Å². The first kappa shape index (κ1) is 27.7. The second kappa shape index (κ2) is 12.4. The number of carbonyl (C=O) groups is 1. The van der Waals surface area contributed by atoms with Crippen LogP contribution in [-0.4, -0.2) is 48.6 Å². The first-order valence-corrected chi connectivity index (χ1v) is 16.3. The topological polar surface area (TPSA) is 69.5 Å². The van der Waals surface area contributed by atoms with E-state index in [0.717, 1.165) is 14.7 Å². The summed E-state index contributed by atoms with van der Waals surface area (Å²) in [6.07, 6.45) is 2.25. The molecular weight excluding hydrogens is 583 g/mol. The Kier molecular flexibility index (Phi) is 9.54. The minimum absolute atomic E-state index is 0.318. The summed E-state index contributed by atoms with van der Waals surface area (Å²) in [4.78, 5) is 19.5. The third-order valence-electron chi connectivity index (χ3n) is 5.00. The van der Waals surface area contributed by atoms with E-state index in [4.69, 9.17) is 14.5 Å². The normalized spacial score (nSPS) is 10.9. The van der Waals surface area contributed by atoms with Crippen LogP contribution in [0.1, 0.15) is 18.9 Å². The Morgan fingerprint density at radius 2 is 1.97 bits per heavy atom. The monoisotopic (exact) mass is 614 g/mol. The van der Waals surface area contributed by atoms with Crippen molar-refractivity contribution in [3.8, 4) is 29.1 Å². The lowest BCUT2D eigenvalue weighted by Gasteiger charge is -2.23. The van der Waals surface area contributed by atoms with E-state index in [1.54, 1.807) is 16.9 Å². The molecule has 0 atom stereocenters. The fourth-order valence-electron chi connectivity index (χ4n) is 3.28. The predicted molar refractivity (Wildman–Crippen MR) is 155 cm³/mol. The molecule has 3 aromatic rings. The second-order valence-electron chi connectivity index (χ2n) is 9.16.